The van der Waals surface area contributed by atoms with E-state index in [1.54, 1.807) is 7.11 Å². The zero-order valence-corrected chi connectivity index (χ0v) is 18.2. The summed E-state index contributed by atoms with van der Waals surface area (Å²) in [6.45, 7) is 15.6. The van der Waals surface area contributed by atoms with Gasteiger partial charge in [-0.2, -0.15) is 0 Å². The van der Waals surface area contributed by atoms with Crippen molar-refractivity contribution in [2.45, 2.75) is 65.1 Å². The third-order valence-corrected chi connectivity index (χ3v) is 11.8. The van der Waals surface area contributed by atoms with Crippen molar-refractivity contribution in [2.24, 2.45) is 0 Å². The van der Waals surface area contributed by atoms with Crippen molar-refractivity contribution in [1.82, 2.24) is 0 Å². The maximum Gasteiger partial charge on any atom is 0.258 e. The average Bonchev–Trinajstić information content (AvgIpc) is 2.42. The fourth-order valence-corrected chi connectivity index (χ4v) is 9.53. The highest BCUT2D eigenvalue weighted by molar-refractivity contribution is 9.10. The molecule has 0 spiro atoms. The summed E-state index contributed by atoms with van der Waals surface area (Å²) >= 11 is 10.1. The minimum atomic E-state index is -2.07. The smallest absolute Gasteiger partial charge is 0.258 e. The Kier molecular flexibility index (Phi) is 6.84. The van der Waals surface area contributed by atoms with E-state index in [4.69, 9.17) is 20.8 Å². The molecule has 2 nitrogen and oxygen atoms in total. The molecule has 1 aromatic carbocycles. The number of methoxy groups -OCH3 is 1. The lowest BCUT2D eigenvalue weighted by Crippen LogP contribution is -2.50. The Balaban J connectivity index is 3.51. The Hall–Kier alpha value is -0.193. The van der Waals surface area contributed by atoms with Crippen LogP contribution in [0.25, 0.3) is 0 Å². The van der Waals surface area contributed by atoms with E-state index in [2.05, 4.69) is 57.5 Å². The van der Waals surface area contributed by atoms with Crippen LogP contribution in [0.4, 0.5) is 0 Å². The second kappa shape index (κ2) is 7.58. The molecule has 0 heterocycles. The minimum Gasteiger partial charge on any atom is -0.539 e. The van der Waals surface area contributed by atoms with Crippen LogP contribution in [-0.2, 0) is 0 Å². The Morgan fingerprint density at radius 2 is 1.50 bits per heavy atom. The molecule has 1 aromatic rings. The highest BCUT2D eigenvalue weighted by atomic mass is 79.9. The number of hydrogen-bond acceptors (Lipinski definition) is 2. The minimum absolute atomic E-state index is 0.484. The summed E-state index contributed by atoms with van der Waals surface area (Å²) in [6, 6.07) is 1.94. The molecule has 0 bridgehead atoms. The summed E-state index contributed by atoms with van der Waals surface area (Å²) in [5.74, 6) is 1.40. The molecule has 126 valence electrons. The molecule has 22 heavy (non-hydrogen) atoms. The SMILES string of the molecule is COc1cc(Br)c(C)c(Cl)c1O[Si](C(C)C)(C(C)C)C(C)C. The van der Waals surface area contributed by atoms with Crippen molar-refractivity contribution in [3.8, 4) is 11.5 Å². The molecule has 0 N–H and O–H groups in total. The van der Waals surface area contributed by atoms with Crippen LogP contribution in [0.3, 0.4) is 0 Å². The van der Waals surface area contributed by atoms with Crippen molar-refractivity contribution < 1.29 is 9.16 Å². The summed E-state index contributed by atoms with van der Waals surface area (Å²) in [6.07, 6.45) is 0. The molecule has 0 aliphatic rings. The molecule has 0 amide bonds. The van der Waals surface area contributed by atoms with Crippen LogP contribution in [0.1, 0.15) is 47.1 Å². The first-order chi connectivity index (χ1) is 10.1. The maximum atomic E-state index is 6.74. The van der Waals surface area contributed by atoms with Gasteiger partial charge in [-0.1, -0.05) is 69.1 Å². The first-order valence-electron chi connectivity index (χ1n) is 7.81. The van der Waals surface area contributed by atoms with Gasteiger partial charge in [0.1, 0.15) is 0 Å². The van der Waals surface area contributed by atoms with Crippen LogP contribution in [0, 0.1) is 6.92 Å². The standard InChI is InChI=1S/C17H28BrClO2Si/c1-10(2)22(11(3)4,12(5)6)21-17-15(20-8)9-14(18)13(7)16(17)19/h9-12H,1-8H3. The summed E-state index contributed by atoms with van der Waals surface area (Å²) in [4.78, 5) is 0. The monoisotopic (exact) mass is 406 g/mol. The molecular formula is C17H28BrClO2Si. The van der Waals surface area contributed by atoms with Gasteiger partial charge in [-0.3, -0.25) is 0 Å². The second-order valence-corrected chi connectivity index (χ2v) is 13.4. The van der Waals surface area contributed by atoms with Crippen molar-refractivity contribution >= 4 is 35.8 Å². The molecule has 1 rings (SSSR count). The molecule has 0 saturated carbocycles. The van der Waals surface area contributed by atoms with Gasteiger partial charge in [0.05, 0.1) is 12.1 Å². The number of rotatable bonds is 6. The van der Waals surface area contributed by atoms with Gasteiger partial charge in [0.2, 0.25) is 0 Å². The Bertz CT molecular complexity index is 508. The zero-order chi connectivity index (χ0) is 17.2. The normalized spacial score (nSPS) is 12.4. The van der Waals surface area contributed by atoms with Crippen LogP contribution in [0.15, 0.2) is 10.5 Å². The number of ether oxygens (including phenoxy) is 1. The van der Waals surface area contributed by atoms with Gasteiger partial charge in [0.15, 0.2) is 11.5 Å². The lowest BCUT2D eigenvalue weighted by Gasteiger charge is -2.42. The van der Waals surface area contributed by atoms with E-state index in [9.17, 15) is 0 Å². The highest BCUT2D eigenvalue weighted by Crippen LogP contribution is 2.48. The van der Waals surface area contributed by atoms with Gasteiger partial charge < -0.3 is 9.16 Å². The third kappa shape index (κ3) is 3.49. The van der Waals surface area contributed by atoms with Gasteiger partial charge in [0, 0.05) is 4.47 Å². The molecule has 0 radical (unpaired) electrons. The molecule has 0 atom stereocenters. The van der Waals surface area contributed by atoms with Gasteiger partial charge in [-0.25, -0.2) is 0 Å². The van der Waals surface area contributed by atoms with Gasteiger partial charge in [-0.15, -0.1) is 0 Å². The summed E-state index contributed by atoms with van der Waals surface area (Å²) in [5.41, 5.74) is 2.43. The van der Waals surface area contributed by atoms with E-state index < -0.39 is 8.32 Å². The van der Waals surface area contributed by atoms with Gasteiger partial charge in [-0.05, 0) is 35.2 Å². The molecular weight excluding hydrogens is 380 g/mol. The quantitative estimate of drug-likeness (QED) is 0.474. The Morgan fingerprint density at radius 1 is 1.05 bits per heavy atom. The van der Waals surface area contributed by atoms with E-state index in [1.165, 1.54) is 0 Å². The topological polar surface area (TPSA) is 18.5 Å². The Morgan fingerprint density at radius 3 is 1.86 bits per heavy atom. The van der Waals surface area contributed by atoms with E-state index in [1.807, 2.05) is 13.0 Å². The molecule has 0 aliphatic carbocycles. The molecule has 0 fully saturated rings. The van der Waals surface area contributed by atoms with E-state index >= 15 is 0 Å². The lowest BCUT2D eigenvalue weighted by molar-refractivity contribution is 0.382. The van der Waals surface area contributed by atoms with Crippen molar-refractivity contribution in [2.75, 3.05) is 7.11 Å². The van der Waals surface area contributed by atoms with Crippen molar-refractivity contribution in [3.05, 3.63) is 21.1 Å². The number of benzene rings is 1. The summed E-state index contributed by atoms with van der Waals surface area (Å²) in [7, 11) is -0.411. The van der Waals surface area contributed by atoms with Crippen LogP contribution in [0.2, 0.25) is 21.6 Å². The first-order valence-corrected chi connectivity index (χ1v) is 11.1. The third-order valence-electron chi connectivity index (χ3n) is 4.57. The molecule has 0 aliphatic heterocycles. The van der Waals surface area contributed by atoms with Crippen LogP contribution >= 0.6 is 27.5 Å². The van der Waals surface area contributed by atoms with Crippen molar-refractivity contribution in [1.29, 1.82) is 0 Å². The first kappa shape index (κ1) is 19.9. The lowest BCUT2D eigenvalue weighted by atomic mass is 10.2. The number of halogens is 2. The van der Waals surface area contributed by atoms with Crippen LogP contribution in [0.5, 0.6) is 11.5 Å². The maximum absolute atomic E-state index is 6.74. The van der Waals surface area contributed by atoms with Gasteiger partial charge >= 0.3 is 0 Å². The molecule has 0 unspecified atom stereocenters. The highest BCUT2D eigenvalue weighted by Gasteiger charge is 2.47. The van der Waals surface area contributed by atoms with E-state index in [-0.39, 0.29) is 0 Å². The zero-order valence-electron chi connectivity index (χ0n) is 14.9. The number of hydrogen-bond donors (Lipinski definition) is 0. The molecule has 5 heteroatoms. The van der Waals surface area contributed by atoms with Crippen LogP contribution < -0.4 is 9.16 Å². The van der Waals surface area contributed by atoms with Crippen LogP contribution in [-0.4, -0.2) is 15.4 Å². The largest absolute Gasteiger partial charge is 0.539 e. The van der Waals surface area contributed by atoms with Crippen molar-refractivity contribution in [3.63, 3.8) is 0 Å². The summed E-state index contributed by atoms with van der Waals surface area (Å²) < 4.78 is 13.2. The molecule has 0 aromatic heterocycles. The fraction of sp³-hybridized carbons (Fsp3) is 0.647. The predicted octanol–water partition coefficient (Wildman–Crippen LogP) is 6.97. The van der Waals surface area contributed by atoms with E-state index in [0.717, 1.165) is 10.0 Å². The Labute approximate surface area is 149 Å². The van der Waals surface area contributed by atoms with E-state index in [0.29, 0.717) is 33.1 Å². The van der Waals surface area contributed by atoms with Gasteiger partial charge in [0.25, 0.3) is 8.32 Å². The fourth-order valence-electron chi connectivity index (χ4n) is 3.45. The average molecular weight is 408 g/mol. The predicted molar refractivity (Wildman–Crippen MR) is 102 cm³/mol. The second-order valence-electron chi connectivity index (χ2n) is 6.75. The summed E-state index contributed by atoms with van der Waals surface area (Å²) in [5, 5.41) is 0.644. The molecule has 0 saturated heterocycles.